The zero-order chi connectivity index (χ0) is 15.5. The first-order valence-corrected chi connectivity index (χ1v) is 7.11. The van der Waals surface area contributed by atoms with Crippen molar-refractivity contribution >= 4 is 23.9 Å². The Balaban J connectivity index is 1.85. The van der Waals surface area contributed by atoms with E-state index in [1.54, 1.807) is 6.92 Å². The monoisotopic (exact) mass is 296 g/mol. The normalized spacial score (nSPS) is 11.3. The van der Waals surface area contributed by atoms with Crippen molar-refractivity contribution in [2.45, 2.75) is 13.3 Å². The number of carbonyl (C=O) groups excluding carboxylic acids is 2. The lowest BCUT2D eigenvalue weighted by Crippen LogP contribution is -2.13. The highest BCUT2D eigenvalue weighted by atomic mass is 16.5. The summed E-state index contributed by atoms with van der Waals surface area (Å²) in [5.41, 5.74) is 6.13. The number of hydrogen-bond acceptors (Lipinski definition) is 3. The summed E-state index contributed by atoms with van der Waals surface area (Å²) in [6.45, 7) is 2.11. The molecular weight excluding hydrogens is 280 g/mol. The third kappa shape index (κ3) is 2.65. The average Bonchev–Trinajstić information content (AvgIpc) is 2.84. The number of carbonyl (C=O) groups is 2. The van der Waals surface area contributed by atoms with E-state index < -0.39 is 6.09 Å². The van der Waals surface area contributed by atoms with Gasteiger partial charge in [-0.25, -0.2) is 4.79 Å². The van der Waals surface area contributed by atoms with E-state index in [1.807, 2.05) is 36.4 Å². The average molecular weight is 296 g/mol. The third-order valence-corrected chi connectivity index (χ3v) is 3.63. The molecule has 22 heavy (non-hydrogen) atoms. The van der Waals surface area contributed by atoms with Crippen molar-refractivity contribution in [2.75, 3.05) is 17.2 Å². The van der Waals surface area contributed by atoms with Gasteiger partial charge in [-0.2, -0.15) is 0 Å². The molecule has 0 spiro atoms. The second-order valence-electron chi connectivity index (χ2n) is 5.03. The number of benzene rings is 2. The van der Waals surface area contributed by atoms with E-state index in [-0.39, 0.29) is 0 Å². The summed E-state index contributed by atoms with van der Waals surface area (Å²) in [4.78, 5) is 22.0. The molecule has 3 rings (SSSR count). The van der Waals surface area contributed by atoms with Gasteiger partial charge in [-0.05, 0) is 59.9 Å². The van der Waals surface area contributed by atoms with Crippen LogP contribution in [-0.4, -0.2) is 19.1 Å². The van der Waals surface area contributed by atoms with Crippen molar-refractivity contribution in [1.82, 2.24) is 0 Å². The molecule has 0 fully saturated rings. The molecule has 0 atom stereocenters. The second kappa shape index (κ2) is 5.89. The van der Waals surface area contributed by atoms with Crippen LogP contribution in [-0.2, 0) is 16.0 Å². The Kier molecular flexibility index (Phi) is 3.78. The standard InChI is InChI=1S/C17H16N2O3/c1-2-22-17(21)19-14-4-6-16-12(9-14)7-11-8-13(18-10-20)3-5-15(11)16/h3-6,8-10H,2,7H2,1H3,(H,18,20)(H,19,21). The zero-order valence-corrected chi connectivity index (χ0v) is 12.2. The Morgan fingerprint density at radius 1 is 1.14 bits per heavy atom. The number of amides is 2. The lowest BCUT2D eigenvalue weighted by Gasteiger charge is -2.07. The summed E-state index contributed by atoms with van der Waals surface area (Å²) < 4.78 is 4.88. The van der Waals surface area contributed by atoms with E-state index in [2.05, 4.69) is 10.6 Å². The molecule has 0 heterocycles. The predicted molar refractivity (Wildman–Crippen MR) is 85.0 cm³/mol. The number of hydrogen-bond donors (Lipinski definition) is 2. The Bertz CT molecular complexity index is 741. The van der Waals surface area contributed by atoms with Gasteiger partial charge in [0.05, 0.1) is 6.61 Å². The van der Waals surface area contributed by atoms with Crippen molar-refractivity contribution in [3.63, 3.8) is 0 Å². The van der Waals surface area contributed by atoms with Crippen LogP contribution in [0, 0.1) is 0 Å². The van der Waals surface area contributed by atoms with Crippen LogP contribution in [0.25, 0.3) is 11.1 Å². The number of rotatable bonds is 4. The van der Waals surface area contributed by atoms with Gasteiger partial charge in [-0.3, -0.25) is 10.1 Å². The fourth-order valence-electron chi connectivity index (χ4n) is 2.73. The summed E-state index contributed by atoms with van der Waals surface area (Å²) in [5, 5.41) is 5.37. The molecule has 0 saturated carbocycles. The summed E-state index contributed by atoms with van der Waals surface area (Å²) in [6, 6.07) is 11.7. The van der Waals surface area contributed by atoms with Crippen molar-refractivity contribution in [3.8, 4) is 11.1 Å². The molecule has 2 N–H and O–H groups in total. The highest BCUT2D eigenvalue weighted by Gasteiger charge is 2.19. The molecular formula is C17H16N2O3. The molecule has 0 unspecified atom stereocenters. The minimum absolute atomic E-state index is 0.342. The molecule has 0 bridgehead atoms. The first-order valence-electron chi connectivity index (χ1n) is 7.11. The summed E-state index contributed by atoms with van der Waals surface area (Å²) >= 11 is 0. The fourth-order valence-corrected chi connectivity index (χ4v) is 2.73. The topological polar surface area (TPSA) is 67.4 Å². The van der Waals surface area contributed by atoms with Gasteiger partial charge in [0, 0.05) is 11.4 Å². The largest absolute Gasteiger partial charge is 0.450 e. The number of anilines is 2. The molecule has 2 aromatic carbocycles. The summed E-state index contributed by atoms with van der Waals surface area (Å²) in [7, 11) is 0. The lowest BCUT2D eigenvalue weighted by molar-refractivity contribution is -0.105. The number of nitrogens with one attached hydrogen (secondary N) is 2. The second-order valence-corrected chi connectivity index (χ2v) is 5.03. The van der Waals surface area contributed by atoms with Crippen LogP contribution in [0.5, 0.6) is 0 Å². The van der Waals surface area contributed by atoms with Crippen LogP contribution in [0.15, 0.2) is 36.4 Å². The Morgan fingerprint density at radius 3 is 2.41 bits per heavy atom. The van der Waals surface area contributed by atoms with Crippen LogP contribution in [0.2, 0.25) is 0 Å². The number of fused-ring (bicyclic) bond motifs is 3. The Morgan fingerprint density at radius 2 is 1.77 bits per heavy atom. The summed E-state index contributed by atoms with van der Waals surface area (Å²) in [5.74, 6) is 0. The van der Waals surface area contributed by atoms with Gasteiger partial charge in [0.2, 0.25) is 6.41 Å². The molecule has 112 valence electrons. The van der Waals surface area contributed by atoms with E-state index in [4.69, 9.17) is 4.74 Å². The van der Waals surface area contributed by atoms with Gasteiger partial charge < -0.3 is 10.1 Å². The van der Waals surface area contributed by atoms with Crippen LogP contribution >= 0.6 is 0 Å². The predicted octanol–water partition coefficient (Wildman–Crippen LogP) is 3.39. The van der Waals surface area contributed by atoms with Gasteiger partial charge in [0.15, 0.2) is 0 Å². The Hall–Kier alpha value is -2.82. The minimum Gasteiger partial charge on any atom is -0.450 e. The maximum absolute atomic E-state index is 11.5. The minimum atomic E-state index is -0.449. The highest BCUT2D eigenvalue weighted by molar-refractivity contribution is 5.87. The van der Waals surface area contributed by atoms with E-state index in [0.29, 0.717) is 13.0 Å². The zero-order valence-electron chi connectivity index (χ0n) is 12.2. The Labute approximate surface area is 128 Å². The van der Waals surface area contributed by atoms with Gasteiger partial charge in [-0.1, -0.05) is 12.1 Å². The van der Waals surface area contributed by atoms with Gasteiger partial charge in [0.25, 0.3) is 0 Å². The maximum atomic E-state index is 11.5. The fraction of sp³-hybridized carbons (Fsp3) is 0.176. The van der Waals surface area contributed by atoms with E-state index in [0.717, 1.165) is 40.0 Å². The SMILES string of the molecule is CCOC(=O)Nc1ccc2c(c1)Cc1cc(NC=O)ccc1-2. The van der Waals surface area contributed by atoms with Crippen LogP contribution in [0.3, 0.4) is 0 Å². The van der Waals surface area contributed by atoms with E-state index in [1.165, 1.54) is 0 Å². The molecule has 0 saturated heterocycles. The maximum Gasteiger partial charge on any atom is 0.411 e. The molecule has 5 heteroatoms. The molecule has 0 aromatic heterocycles. The highest BCUT2D eigenvalue weighted by Crippen LogP contribution is 2.39. The molecule has 5 nitrogen and oxygen atoms in total. The van der Waals surface area contributed by atoms with Crippen LogP contribution in [0.4, 0.5) is 16.2 Å². The first-order chi connectivity index (χ1) is 10.7. The third-order valence-electron chi connectivity index (χ3n) is 3.63. The molecule has 2 aromatic rings. The first kappa shape index (κ1) is 14.1. The van der Waals surface area contributed by atoms with Gasteiger partial charge in [0.1, 0.15) is 0 Å². The van der Waals surface area contributed by atoms with Crippen molar-refractivity contribution in [2.24, 2.45) is 0 Å². The van der Waals surface area contributed by atoms with Crippen molar-refractivity contribution in [1.29, 1.82) is 0 Å². The number of ether oxygens (including phenoxy) is 1. The molecule has 2 amide bonds. The smallest absolute Gasteiger partial charge is 0.411 e. The quantitative estimate of drug-likeness (QED) is 0.725. The van der Waals surface area contributed by atoms with Crippen molar-refractivity contribution < 1.29 is 14.3 Å². The molecule has 1 aliphatic rings. The van der Waals surface area contributed by atoms with E-state index in [9.17, 15) is 9.59 Å². The van der Waals surface area contributed by atoms with Gasteiger partial charge in [-0.15, -0.1) is 0 Å². The lowest BCUT2D eigenvalue weighted by atomic mass is 10.1. The van der Waals surface area contributed by atoms with Crippen molar-refractivity contribution in [3.05, 3.63) is 47.5 Å². The molecule has 0 radical (unpaired) electrons. The molecule has 0 aliphatic heterocycles. The van der Waals surface area contributed by atoms with Crippen LogP contribution < -0.4 is 10.6 Å². The van der Waals surface area contributed by atoms with Crippen LogP contribution in [0.1, 0.15) is 18.1 Å². The summed E-state index contributed by atoms with van der Waals surface area (Å²) in [6.07, 6.45) is 0.998. The molecule has 1 aliphatic carbocycles. The van der Waals surface area contributed by atoms with E-state index >= 15 is 0 Å². The van der Waals surface area contributed by atoms with Gasteiger partial charge >= 0.3 is 6.09 Å².